The molecule has 0 saturated heterocycles. The van der Waals surface area contributed by atoms with Crippen LogP contribution in [0.3, 0.4) is 0 Å². The summed E-state index contributed by atoms with van der Waals surface area (Å²) in [6, 6.07) is 8.03. The number of nitrogens with one attached hydrogen (secondary N) is 1. The van der Waals surface area contributed by atoms with Crippen molar-refractivity contribution < 1.29 is 0 Å². The molecule has 0 unspecified atom stereocenters. The molecule has 0 spiro atoms. The Kier molecular flexibility index (Phi) is 3.08. The summed E-state index contributed by atoms with van der Waals surface area (Å²) in [5, 5.41) is 14.5. The number of hydrogen-bond acceptors (Lipinski definition) is 4. The van der Waals surface area contributed by atoms with E-state index in [2.05, 4.69) is 41.6 Å². The normalized spacial score (nSPS) is 11.5. The second kappa shape index (κ2) is 4.53. The van der Waals surface area contributed by atoms with Crippen LogP contribution in [0.4, 0.5) is 5.69 Å². The van der Waals surface area contributed by atoms with Crippen molar-refractivity contribution in [2.45, 2.75) is 20.8 Å². The van der Waals surface area contributed by atoms with Gasteiger partial charge < -0.3 is 5.32 Å². The summed E-state index contributed by atoms with van der Waals surface area (Å²) in [6.07, 6.45) is 1.59. The third-order valence-corrected chi connectivity index (χ3v) is 2.28. The minimum Gasteiger partial charge on any atom is -0.384 e. The molecular weight excluding hydrogens is 214 g/mol. The van der Waals surface area contributed by atoms with Crippen molar-refractivity contribution in [2.24, 2.45) is 5.41 Å². The fourth-order valence-electron chi connectivity index (χ4n) is 1.41. The minimum absolute atomic E-state index is 0.255. The zero-order valence-electron chi connectivity index (χ0n) is 10.4. The highest BCUT2D eigenvalue weighted by Crippen LogP contribution is 2.17. The van der Waals surface area contributed by atoms with Gasteiger partial charge in [0.25, 0.3) is 0 Å². The molecule has 5 heteroatoms. The number of tetrazole rings is 1. The zero-order chi connectivity index (χ0) is 12.3. The average molecular weight is 231 g/mol. The van der Waals surface area contributed by atoms with Gasteiger partial charge in [0.15, 0.2) is 0 Å². The summed E-state index contributed by atoms with van der Waals surface area (Å²) in [7, 11) is 0. The van der Waals surface area contributed by atoms with Gasteiger partial charge >= 0.3 is 0 Å². The average Bonchev–Trinajstić information content (AvgIpc) is 2.79. The summed E-state index contributed by atoms with van der Waals surface area (Å²) in [6.45, 7) is 7.52. The van der Waals surface area contributed by atoms with Crippen molar-refractivity contribution >= 4 is 5.69 Å². The Morgan fingerprint density at radius 1 is 1.29 bits per heavy atom. The summed E-state index contributed by atoms with van der Waals surface area (Å²) < 4.78 is 1.64. The molecule has 0 saturated carbocycles. The molecule has 0 aliphatic carbocycles. The monoisotopic (exact) mass is 231 g/mol. The second-order valence-electron chi connectivity index (χ2n) is 5.22. The van der Waals surface area contributed by atoms with Gasteiger partial charge in [-0.25, -0.2) is 4.68 Å². The molecule has 2 rings (SSSR count). The second-order valence-corrected chi connectivity index (χ2v) is 5.22. The molecule has 1 heterocycles. The van der Waals surface area contributed by atoms with Crippen LogP contribution in [-0.2, 0) is 0 Å². The Morgan fingerprint density at radius 2 is 2.12 bits per heavy atom. The highest BCUT2D eigenvalue weighted by molar-refractivity contribution is 5.50. The first kappa shape index (κ1) is 11.6. The van der Waals surface area contributed by atoms with Crippen molar-refractivity contribution in [3.63, 3.8) is 0 Å². The fourth-order valence-corrected chi connectivity index (χ4v) is 1.41. The number of benzene rings is 1. The Hall–Kier alpha value is -1.91. The van der Waals surface area contributed by atoms with E-state index in [9.17, 15) is 0 Å². The molecule has 0 bridgehead atoms. The van der Waals surface area contributed by atoms with Gasteiger partial charge in [-0.05, 0) is 34.0 Å². The number of rotatable bonds is 3. The van der Waals surface area contributed by atoms with Crippen molar-refractivity contribution in [1.82, 2.24) is 20.2 Å². The number of anilines is 1. The standard InChI is InChI=1S/C12H17N5/c1-12(2,3)8-13-10-5-4-6-11(7-10)17-9-14-15-16-17/h4-7,9,13H,8H2,1-3H3. The number of nitrogens with zero attached hydrogens (tertiary/aromatic N) is 4. The first-order valence-corrected chi connectivity index (χ1v) is 5.62. The molecule has 0 atom stereocenters. The van der Waals surface area contributed by atoms with Crippen LogP contribution < -0.4 is 5.32 Å². The molecule has 0 radical (unpaired) electrons. The molecule has 17 heavy (non-hydrogen) atoms. The molecule has 2 aromatic rings. The van der Waals surface area contributed by atoms with Gasteiger partial charge in [0.2, 0.25) is 0 Å². The summed E-state index contributed by atoms with van der Waals surface area (Å²) in [5.74, 6) is 0. The highest BCUT2D eigenvalue weighted by atomic mass is 15.5. The van der Waals surface area contributed by atoms with Gasteiger partial charge in [-0.3, -0.25) is 0 Å². The van der Waals surface area contributed by atoms with Gasteiger partial charge in [-0.2, -0.15) is 0 Å². The third kappa shape index (κ3) is 3.27. The van der Waals surface area contributed by atoms with Crippen LogP contribution in [0.1, 0.15) is 20.8 Å². The molecule has 0 amide bonds. The maximum atomic E-state index is 3.86. The quantitative estimate of drug-likeness (QED) is 0.879. The zero-order valence-corrected chi connectivity index (χ0v) is 10.4. The van der Waals surface area contributed by atoms with E-state index in [1.165, 1.54) is 0 Å². The Bertz CT molecular complexity index is 470. The SMILES string of the molecule is CC(C)(C)CNc1cccc(-n2cnnn2)c1. The van der Waals surface area contributed by atoms with Crippen LogP contribution in [-0.4, -0.2) is 26.8 Å². The fraction of sp³-hybridized carbons (Fsp3) is 0.417. The third-order valence-electron chi connectivity index (χ3n) is 2.28. The number of hydrogen-bond donors (Lipinski definition) is 1. The van der Waals surface area contributed by atoms with Crippen molar-refractivity contribution in [3.8, 4) is 5.69 Å². The van der Waals surface area contributed by atoms with E-state index in [1.54, 1.807) is 11.0 Å². The first-order valence-electron chi connectivity index (χ1n) is 5.62. The lowest BCUT2D eigenvalue weighted by molar-refractivity contribution is 0.443. The van der Waals surface area contributed by atoms with Crippen LogP contribution >= 0.6 is 0 Å². The van der Waals surface area contributed by atoms with E-state index >= 15 is 0 Å². The summed E-state index contributed by atoms with van der Waals surface area (Å²) in [4.78, 5) is 0. The van der Waals surface area contributed by atoms with Gasteiger partial charge in [0.1, 0.15) is 6.33 Å². The lowest BCUT2D eigenvalue weighted by Gasteiger charge is -2.19. The Labute approximate surface area is 101 Å². The molecular formula is C12H17N5. The first-order chi connectivity index (χ1) is 8.04. The van der Waals surface area contributed by atoms with Gasteiger partial charge in [0, 0.05) is 12.2 Å². The van der Waals surface area contributed by atoms with E-state index in [4.69, 9.17) is 0 Å². The highest BCUT2D eigenvalue weighted by Gasteiger charge is 2.09. The summed E-state index contributed by atoms with van der Waals surface area (Å²) in [5.41, 5.74) is 2.28. The van der Waals surface area contributed by atoms with E-state index in [1.807, 2.05) is 24.3 Å². The largest absolute Gasteiger partial charge is 0.384 e. The molecule has 1 aromatic carbocycles. The van der Waals surface area contributed by atoms with Crippen LogP contribution in [0, 0.1) is 5.41 Å². The van der Waals surface area contributed by atoms with E-state index in [-0.39, 0.29) is 5.41 Å². The van der Waals surface area contributed by atoms with E-state index in [0.717, 1.165) is 17.9 Å². The molecule has 0 aliphatic rings. The van der Waals surface area contributed by atoms with Gasteiger partial charge in [-0.1, -0.05) is 26.8 Å². The van der Waals surface area contributed by atoms with Crippen LogP contribution in [0.15, 0.2) is 30.6 Å². The van der Waals surface area contributed by atoms with Crippen LogP contribution in [0.2, 0.25) is 0 Å². The Morgan fingerprint density at radius 3 is 2.76 bits per heavy atom. The minimum atomic E-state index is 0.255. The Balaban J connectivity index is 2.12. The van der Waals surface area contributed by atoms with E-state index in [0.29, 0.717) is 0 Å². The van der Waals surface area contributed by atoms with Gasteiger partial charge in [-0.15, -0.1) is 5.10 Å². The topological polar surface area (TPSA) is 55.6 Å². The van der Waals surface area contributed by atoms with Crippen LogP contribution in [0.25, 0.3) is 5.69 Å². The number of aromatic nitrogens is 4. The van der Waals surface area contributed by atoms with Gasteiger partial charge in [0.05, 0.1) is 5.69 Å². The maximum Gasteiger partial charge on any atom is 0.143 e. The molecule has 1 aromatic heterocycles. The molecule has 0 fully saturated rings. The predicted molar refractivity (Wildman–Crippen MR) is 67.1 cm³/mol. The lowest BCUT2D eigenvalue weighted by atomic mass is 9.97. The van der Waals surface area contributed by atoms with E-state index < -0.39 is 0 Å². The molecule has 0 aliphatic heterocycles. The predicted octanol–water partition coefficient (Wildman–Crippen LogP) is 2.12. The smallest absolute Gasteiger partial charge is 0.143 e. The maximum absolute atomic E-state index is 3.86. The lowest BCUT2D eigenvalue weighted by Crippen LogP contribution is -2.19. The molecule has 5 nitrogen and oxygen atoms in total. The molecule has 90 valence electrons. The van der Waals surface area contributed by atoms with Crippen molar-refractivity contribution in [1.29, 1.82) is 0 Å². The van der Waals surface area contributed by atoms with Crippen molar-refractivity contribution in [3.05, 3.63) is 30.6 Å². The molecule has 1 N–H and O–H groups in total. The van der Waals surface area contributed by atoms with Crippen molar-refractivity contribution in [2.75, 3.05) is 11.9 Å². The van der Waals surface area contributed by atoms with Crippen LogP contribution in [0.5, 0.6) is 0 Å². The summed E-state index contributed by atoms with van der Waals surface area (Å²) >= 11 is 0.